The van der Waals surface area contributed by atoms with E-state index in [9.17, 15) is 0 Å². The zero-order chi connectivity index (χ0) is 11.5. The second-order valence-corrected chi connectivity index (χ2v) is 4.96. The van der Waals surface area contributed by atoms with Crippen LogP contribution in [-0.4, -0.2) is 19.8 Å². The van der Waals surface area contributed by atoms with E-state index in [1.54, 1.807) is 0 Å². The van der Waals surface area contributed by atoms with Gasteiger partial charge in [0.25, 0.3) is 0 Å². The van der Waals surface area contributed by atoms with Gasteiger partial charge in [0.15, 0.2) is 4.67 Å². The molecular weight excluding hydrogens is 270 g/mol. The Balaban J connectivity index is 2.15. The molecule has 16 heavy (non-hydrogen) atoms. The Morgan fingerprint density at radius 1 is 1.56 bits per heavy atom. The first-order valence-electron chi connectivity index (χ1n) is 5.80. The van der Waals surface area contributed by atoms with Gasteiger partial charge in [-0.05, 0) is 48.0 Å². The van der Waals surface area contributed by atoms with Crippen LogP contribution >= 0.6 is 15.9 Å². The van der Waals surface area contributed by atoms with Crippen LogP contribution in [-0.2, 0) is 4.74 Å². The maximum absolute atomic E-state index is 5.73. The van der Waals surface area contributed by atoms with E-state index in [0.717, 1.165) is 29.9 Å². The summed E-state index contributed by atoms with van der Waals surface area (Å²) in [5.74, 6) is 1.50. The number of ether oxygens (including phenoxy) is 1. The van der Waals surface area contributed by atoms with Crippen LogP contribution in [0.5, 0.6) is 0 Å². The molecule has 0 amide bonds. The molecule has 1 aromatic heterocycles. The van der Waals surface area contributed by atoms with Gasteiger partial charge in [0, 0.05) is 12.5 Å². The molecule has 90 valence electrons. The molecule has 1 fully saturated rings. The fraction of sp³-hybridized carbons (Fsp3) is 0.667. The molecule has 0 aliphatic carbocycles. The summed E-state index contributed by atoms with van der Waals surface area (Å²) in [4.78, 5) is 0. The van der Waals surface area contributed by atoms with Gasteiger partial charge in [-0.25, -0.2) is 0 Å². The summed E-state index contributed by atoms with van der Waals surface area (Å²) in [5.41, 5.74) is 0. The predicted octanol–water partition coefficient (Wildman–Crippen LogP) is 3.12. The number of hydrogen-bond donors (Lipinski definition) is 1. The van der Waals surface area contributed by atoms with Crippen molar-refractivity contribution in [3.8, 4) is 0 Å². The average Bonchev–Trinajstić information content (AvgIpc) is 2.89. The van der Waals surface area contributed by atoms with Gasteiger partial charge in [-0.15, -0.1) is 0 Å². The number of furan rings is 1. The standard InChI is InChI=1S/C12H18BrNO2/c1-3-9-8(6-7-15-9)12(14-2)10-4-5-11(13)16-10/h4-5,8-9,12,14H,3,6-7H2,1-2H3. The lowest BCUT2D eigenvalue weighted by atomic mass is 9.90. The summed E-state index contributed by atoms with van der Waals surface area (Å²) in [6, 6.07) is 4.21. The molecule has 3 unspecified atom stereocenters. The van der Waals surface area contributed by atoms with Gasteiger partial charge in [0.05, 0.1) is 12.1 Å². The van der Waals surface area contributed by atoms with Crippen molar-refractivity contribution in [3.63, 3.8) is 0 Å². The van der Waals surface area contributed by atoms with Crippen molar-refractivity contribution in [2.45, 2.75) is 31.9 Å². The molecule has 0 aromatic carbocycles. The zero-order valence-corrected chi connectivity index (χ0v) is 11.3. The molecule has 0 spiro atoms. The van der Waals surface area contributed by atoms with Crippen LogP contribution in [0.4, 0.5) is 0 Å². The summed E-state index contributed by atoms with van der Waals surface area (Å²) in [5, 5.41) is 3.34. The largest absolute Gasteiger partial charge is 0.453 e. The van der Waals surface area contributed by atoms with E-state index in [1.807, 2.05) is 19.2 Å². The van der Waals surface area contributed by atoms with Crippen LogP contribution in [0.15, 0.2) is 21.2 Å². The maximum Gasteiger partial charge on any atom is 0.169 e. The lowest BCUT2D eigenvalue weighted by molar-refractivity contribution is 0.0756. The van der Waals surface area contributed by atoms with Crippen molar-refractivity contribution in [3.05, 3.63) is 22.6 Å². The smallest absolute Gasteiger partial charge is 0.169 e. The summed E-state index contributed by atoms with van der Waals surface area (Å²) in [7, 11) is 1.98. The average molecular weight is 288 g/mol. The first-order chi connectivity index (χ1) is 7.76. The maximum atomic E-state index is 5.73. The Bertz CT molecular complexity index is 340. The van der Waals surface area contributed by atoms with Gasteiger partial charge in [-0.1, -0.05) is 6.92 Å². The highest BCUT2D eigenvalue weighted by atomic mass is 79.9. The van der Waals surface area contributed by atoms with Crippen LogP contribution in [0, 0.1) is 5.92 Å². The number of nitrogens with one attached hydrogen (secondary N) is 1. The van der Waals surface area contributed by atoms with Gasteiger partial charge in [0.1, 0.15) is 5.76 Å². The Morgan fingerprint density at radius 3 is 2.94 bits per heavy atom. The van der Waals surface area contributed by atoms with E-state index >= 15 is 0 Å². The Labute approximate surface area is 105 Å². The second kappa shape index (κ2) is 5.34. The first kappa shape index (κ1) is 12.1. The minimum atomic E-state index is 0.249. The van der Waals surface area contributed by atoms with Crippen LogP contribution in [0.2, 0.25) is 0 Å². The van der Waals surface area contributed by atoms with Crippen LogP contribution < -0.4 is 5.32 Å². The fourth-order valence-electron chi connectivity index (χ4n) is 2.53. The van der Waals surface area contributed by atoms with Crippen molar-refractivity contribution in [2.75, 3.05) is 13.7 Å². The van der Waals surface area contributed by atoms with Crippen molar-refractivity contribution < 1.29 is 9.15 Å². The highest BCUT2D eigenvalue weighted by molar-refractivity contribution is 9.10. The minimum Gasteiger partial charge on any atom is -0.453 e. The van der Waals surface area contributed by atoms with E-state index in [0.29, 0.717) is 12.0 Å². The van der Waals surface area contributed by atoms with Crippen molar-refractivity contribution in [2.24, 2.45) is 5.92 Å². The van der Waals surface area contributed by atoms with E-state index < -0.39 is 0 Å². The molecule has 0 bridgehead atoms. The highest BCUT2D eigenvalue weighted by Gasteiger charge is 2.35. The number of halogens is 1. The summed E-state index contributed by atoms with van der Waals surface area (Å²) in [6.07, 6.45) is 2.51. The van der Waals surface area contributed by atoms with E-state index in [2.05, 4.69) is 28.2 Å². The van der Waals surface area contributed by atoms with Crippen molar-refractivity contribution in [1.29, 1.82) is 0 Å². The summed E-state index contributed by atoms with van der Waals surface area (Å²) >= 11 is 3.34. The van der Waals surface area contributed by atoms with Crippen molar-refractivity contribution in [1.82, 2.24) is 5.32 Å². The van der Waals surface area contributed by atoms with Gasteiger partial charge in [-0.3, -0.25) is 0 Å². The topological polar surface area (TPSA) is 34.4 Å². The Morgan fingerprint density at radius 2 is 2.38 bits per heavy atom. The molecule has 1 saturated heterocycles. The normalized spacial score (nSPS) is 27.2. The third-order valence-corrected chi connectivity index (χ3v) is 3.73. The monoisotopic (exact) mass is 287 g/mol. The number of rotatable bonds is 4. The SMILES string of the molecule is CCC1OCCC1C(NC)c1ccc(Br)o1. The molecule has 1 aliphatic heterocycles. The molecule has 1 aromatic rings. The van der Waals surface area contributed by atoms with Gasteiger partial charge < -0.3 is 14.5 Å². The molecular formula is C12H18BrNO2. The predicted molar refractivity (Wildman–Crippen MR) is 66.3 cm³/mol. The first-order valence-corrected chi connectivity index (χ1v) is 6.59. The highest BCUT2D eigenvalue weighted by Crippen LogP contribution is 2.35. The van der Waals surface area contributed by atoms with Gasteiger partial charge in [0.2, 0.25) is 0 Å². The molecule has 3 nitrogen and oxygen atoms in total. The Kier molecular flexibility index (Phi) is 4.05. The lowest BCUT2D eigenvalue weighted by Gasteiger charge is -2.25. The van der Waals surface area contributed by atoms with E-state index in [1.165, 1.54) is 0 Å². The van der Waals surface area contributed by atoms with E-state index in [4.69, 9.17) is 9.15 Å². The molecule has 0 saturated carbocycles. The molecule has 4 heteroatoms. The van der Waals surface area contributed by atoms with Gasteiger partial charge in [-0.2, -0.15) is 0 Å². The van der Waals surface area contributed by atoms with Gasteiger partial charge >= 0.3 is 0 Å². The fourth-order valence-corrected chi connectivity index (χ4v) is 2.85. The van der Waals surface area contributed by atoms with Crippen LogP contribution in [0.25, 0.3) is 0 Å². The molecule has 3 atom stereocenters. The molecule has 1 aliphatic rings. The summed E-state index contributed by atoms with van der Waals surface area (Å²) in [6.45, 7) is 3.04. The third kappa shape index (κ3) is 2.34. The lowest BCUT2D eigenvalue weighted by Crippen LogP contribution is -2.30. The third-order valence-electron chi connectivity index (χ3n) is 3.30. The molecule has 0 radical (unpaired) electrons. The minimum absolute atomic E-state index is 0.249. The molecule has 1 N–H and O–H groups in total. The zero-order valence-electron chi connectivity index (χ0n) is 9.70. The quantitative estimate of drug-likeness (QED) is 0.924. The second-order valence-electron chi connectivity index (χ2n) is 4.18. The van der Waals surface area contributed by atoms with Crippen LogP contribution in [0.1, 0.15) is 31.6 Å². The van der Waals surface area contributed by atoms with Crippen LogP contribution in [0.3, 0.4) is 0 Å². The molecule has 2 rings (SSSR count). The van der Waals surface area contributed by atoms with Crippen molar-refractivity contribution >= 4 is 15.9 Å². The number of hydrogen-bond acceptors (Lipinski definition) is 3. The Hall–Kier alpha value is -0.320. The summed E-state index contributed by atoms with van der Waals surface area (Å²) < 4.78 is 12.2. The molecule has 2 heterocycles. The van der Waals surface area contributed by atoms with E-state index in [-0.39, 0.29) is 6.04 Å².